The maximum atomic E-state index is 13.2. The average Bonchev–Trinajstić information content (AvgIpc) is 2.83. The van der Waals surface area contributed by atoms with E-state index >= 15 is 0 Å². The van der Waals surface area contributed by atoms with Gasteiger partial charge in [0, 0.05) is 11.1 Å². The summed E-state index contributed by atoms with van der Waals surface area (Å²) in [4.78, 5) is 15.5. The van der Waals surface area contributed by atoms with Gasteiger partial charge in [-0.25, -0.2) is 9.37 Å². The number of hydrogen-bond acceptors (Lipinski definition) is 4. The van der Waals surface area contributed by atoms with Crippen LogP contribution in [0.1, 0.15) is 25.1 Å². The highest BCUT2D eigenvalue weighted by Gasteiger charge is 2.32. The summed E-state index contributed by atoms with van der Waals surface area (Å²) in [5, 5.41) is 14.4. The largest absolute Gasteiger partial charge is 0.481 e. The molecule has 0 unspecified atom stereocenters. The lowest BCUT2D eigenvalue weighted by molar-refractivity contribution is -0.142. The second-order valence-electron chi connectivity index (χ2n) is 5.05. The zero-order valence-electron chi connectivity index (χ0n) is 11.4. The second-order valence-corrected chi connectivity index (χ2v) is 5.91. The molecule has 2 rings (SSSR count). The smallest absolute Gasteiger partial charge is 0.315 e. The van der Waals surface area contributed by atoms with Crippen LogP contribution in [-0.2, 0) is 10.2 Å². The maximum Gasteiger partial charge on any atom is 0.315 e. The molecule has 20 heavy (non-hydrogen) atoms. The van der Waals surface area contributed by atoms with Crippen LogP contribution in [-0.4, -0.2) is 16.1 Å². The Balaban J connectivity index is 2.26. The minimum Gasteiger partial charge on any atom is -0.481 e. The van der Waals surface area contributed by atoms with E-state index in [-0.39, 0.29) is 5.82 Å². The van der Waals surface area contributed by atoms with Gasteiger partial charge in [0.05, 0.1) is 5.69 Å². The topological polar surface area (TPSA) is 62.2 Å². The predicted octanol–water partition coefficient (Wildman–Crippen LogP) is 3.70. The Morgan fingerprint density at radius 1 is 1.45 bits per heavy atom. The van der Waals surface area contributed by atoms with E-state index in [2.05, 4.69) is 10.3 Å². The summed E-state index contributed by atoms with van der Waals surface area (Å²) < 4.78 is 13.2. The Labute approximate surface area is 120 Å². The van der Waals surface area contributed by atoms with Gasteiger partial charge in [-0.2, -0.15) is 0 Å². The fraction of sp³-hybridized carbons (Fsp3) is 0.286. The molecule has 0 bridgehead atoms. The number of halogens is 1. The first kappa shape index (κ1) is 14.5. The van der Waals surface area contributed by atoms with Crippen molar-refractivity contribution < 1.29 is 14.3 Å². The minimum absolute atomic E-state index is 0.333. The number of carboxylic acids is 1. The van der Waals surface area contributed by atoms with Crippen LogP contribution in [0.15, 0.2) is 23.6 Å². The van der Waals surface area contributed by atoms with Crippen LogP contribution in [0.5, 0.6) is 0 Å². The molecule has 4 nitrogen and oxygen atoms in total. The van der Waals surface area contributed by atoms with Crippen molar-refractivity contribution in [1.29, 1.82) is 0 Å². The number of benzene rings is 1. The van der Waals surface area contributed by atoms with Crippen molar-refractivity contribution in [3.63, 3.8) is 0 Å². The number of hydrogen-bond donors (Lipinski definition) is 2. The first-order valence-corrected chi connectivity index (χ1v) is 6.91. The molecule has 2 aromatic rings. The molecule has 0 saturated carbocycles. The SMILES string of the molecule is Cc1ccc(F)cc1Nc1nc(C(C)(C)C(=O)O)cs1. The molecular weight excluding hydrogens is 279 g/mol. The normalized spacial score (nSPS) is 11.4. The van der Waals surface area contributed by atoms with Crippen LogP contribution in [0.25, 0.3) is 0 Å². The number of carbonyl (C=O) groups is 1. The Hall–Kier alpha value is -1.95. The van der Waals surface area contributed by atoms with Crippen LogP contribution < -0.4 is 5.32 Å². The fourth-order valence-electron chi connectivity index (χ4n) is 1.57. The summed E-state index contributed by atoms with van der Waals surface area (Å²) in [6.07, 6.45) is 0. The third-order valence-electron chi connectivity index (χ3n) is 3.12. The van der Waals surface area contributed by atoms with E-state index in [9.17, 15) is 9.18 Å². The highest BCUT2D eigenvalue weighted by molar-refractivity contribution is 7.13. The number of aromatic nitrogens is 1. The Morgan fingerprint density at radius 2 is 2.15 bits per heavy atom. The van der Waals surface area contributed by atoms with Gasteiger partial charge in [-0.1, -0.05) is 6.07 Å². The fourth-order valence-corrected chi connectivity index (χ4v) is 2.46. The molecule has 0 aliphatic heterocycles. The number of thiazole rings is 1. The Kier molecular flexibility index (Phi) is 3.76. The molecule has 0 saturated heterocycles. The maximum absolute atomic E-state index is 13.2. The molecule has 0 fully saturated rings. The van der Waals surface area contributed by atoms with Crippen molar-refractivity contribution in [3.05, 3.63) is 40.7 Å². The van der Waals surface area contributed by atoms with Crippen LogP contribution in [0.2, 0.25) is 0 Å². The average molecular weight is 294 g/mol. The number of aryl methyl sites for hydroxylation is 1. The van der Waals surface area contributed by atoms with Crippen LogP contribution in [0.3, 0.4) is 0 Å². The summed E-state index contributed by atoms with van der Waals surface area (Å²) in [5.74, 6) is -1.27. The quantitative estimate of drug-likeness (QED) is 0.902. The number of rotatable bonds is 4. The molecule has 0 atom stereocenters. The number of carboxylic acid groups (broad SMARTS) is 1. The number of aliphatic carboxylic acids is 1. The molecule has 6 heteroatoms. The second kappa shape index (κ2) is 5.20. The molecule has 2 N–H and O–H groups in total. The van der Waals surface area contributed by atoms with Crippen molar-refractivity contribution in [3.8, 4) is 0 Å². The summed E-state index contributed by atoms with van der Waals surface area (Å²) in [6.45, 7) is 5.06. The lowest BCUT2D eigenvalue weighted by atomic mass is 9.90. The van der Waals surface area contributed by atoms with E-state index in [0.29, 0.717) is 16.5 Å². The molecule has 1 aromatic carbocycles. The van der Waals surface area contributed by atoms with Crippen LogP contribution in [0.4, 0.5) is 15.2 Å². The number of nitrogens with one attached hydrogen (secondary N) is 1. The van der Waals surface area contributed by atoms with Gasteiger partial charge in [0.1, 0.15) is 11.2 Å². The summed E-state index contributed by atoms with van der Waals surface area (Å²) in [7, 11) is 0. The highest BCUT2D eigenvalue weighted by Crippen LogP contribution is 2.30. The van der Waals surface area contributed by atoms with Gasteiger partial charge in [0.25, 0.3) is 0 Å². The van der Waals surface area contributed by atoms with Crippen molar-refractivity contribution >= 4 is 28.1 Å². The lowest BCUT2D eigenvalue weighted by Crippen LogP contribution is -2.28. The van der Waals surface area contributed by atoms with Crippen LogP contribution >= 0.6 is 11.3 Å². The van der Waals surface area contributed by atoms with Gasteiger partial charge in [-0.15, -0.1) is 11.3 Å². The molecule has 0 radical (unpaired) electrons. The third-order valence-corrected chi connectivity index (χ3v) is 3.88. The molecule has 0 aliphatic rings. The summed E-state index contributed by atoms with van der Waals surface area (Å²) in [6, 6.07) is 4.45. The van der Waals surface area contributed by atoms with Gasteiger partial charge in [0.2, 0.25) is 0 Å². The molecule has 1 aromatic heterocycles. The van der Waals surface area contributed by atoms with E-state index < -0.39 is 11.4 Å². The van der Waals surface area contributed by atoms with Gasteiger partial charge in [0.15, 0.2) is 5.13 Å². The molecule has 1 heterocycles. The van der Waals surface area contributed by atoms with E-state index in [1.807, 2.05) is 6.92 Å². The predicted molar refractivity (Wildman–Crippen MR) is 77.2 cm³/mol. The molecule has 106 valence electrons. The van der Waals surface area contributed by atoms with E-state index in [1.165, 1.54) is 23.5 Å². The Morgan fingerprint density at radius 3 is 2.80 bits per heavy atom. The first-order valence-electron chi connectivity index (χ1n) is 6.03. The Bertz CT molecular complexity index is 652. The molecule has 0 amide bonds. The van der Waals surface area contributed by atoms with Crippen molar-refractivity contribution in [2.75, 3.05) is 5.32 Å². The third kappa shape index (κ3) is 2.80. The van der Waals surface area contributed by atoms with Crippen LogP contribution in [0, 0.1) is 12.7 Å². The van der Waals surface area contributed by atoms with Gasteiger partial charge < -0.3 is 10.4 Å². The zero-order chi connectivity index (χ0) is 14.9. The highest BCUT2D eigenvalue weighted by atomic mass is 32.1. The first-order chi connectivity index (χ1) is 9.30. The number of anilines is 2. The molecule has 0 spiro atoms. The van der Waals surface area contributed by atoms with Gasteiger partial charge >= 0.3 is 5.97 Å². The van der Waals surface area contributed by atoms with E-state index in [1.54, 1.807) is 25.3 Å². The molecule has 0 aliphatic carbocycles. The van der Waals surface area contributed by atoms with Crippen molar-refractivity contribution in [1.82, 2.24) is 4.98 Å². The van der Waals surface area contributed by atoms with Gasteiger partial charge in [-0.3, -0.25) is 4.79 Å². The zero-order valence-corrected chi connectivity index (χ0v) is 12.2. The minimum atomic E-state index is -1.05. The number of nitrogens with zero attached hydrogens (tertiary/aromatic N) is 1. The van der Waals surface area contributed by atoms with E-state index in [4.69, 9.17) is 5.11 Å². The van der Waals surface area contributed by atoms with Crippen molar-refractivity contribution in [2.24, 2.45) is 0 Å². The monoisotopic (exact) mass is 294 g/mol. The lowest BCUT2D eigenvalue weighted by Gasteiger charge is -2.15. The molecular formula is C14H15FN2O2S. The van der Waals surface area contributed by atoms with Gasteiger partial charge in [-0.05, 0) is 38.5 Å². The van der Waals surface area contributed by atoms with E-state index in [0.717, 1.165) is 5.56 Å². The van der Waals surface area contributed by atoms with Crippen molar-refractivity contribution in [2.45, 2.75) is 26.2 Å². The standard InChI is InChI=1S/C14H15FN2O2S/c1-8-4-5-9(15)6-10(8)16-13-17-11(7-20-13)14(2,3)12(18)19/h4-7H,1-3H3,(H,16,17)(H,18,19). The summed E-state index contributed by atoms with van der Waals surface area (Å²) in [5.41, 5.74) is 0.944. The summed E-state index contributed by atoms with van der Waals surface area (Å²) >= 11 is 1.30.